The molecule has 1 amide bonds. The molecule has 1 aromatic rings. The van der Waals surface area contributed by atoms with E-state index in [2.05, 4.69) is 5.32 Å². The first-order valence-corrected chi connectivity index (χ1v) is 7.37. The van der Waals surface area contributed by atoms with Crippen LogP contribution in [0.25, 0.3) is 0 Å². The number of anilines is 1. The molecule has 2 saturated heterocycles. The van der Waals surface area contributed by atoms with Gasteiger partial charge in [-0.1, -0.05) is 23.2 Å². The zero-order valence-electron chi connectivity index (χ0n) is 10.9. The summed E-state index contributed by atoms with van der Waals surface area (Å²) in [4.78, 5) is 23.7. The topological polar surface area (TPSA) is 75.6 Å². The summed E-state index contributed by atoms with van der Waals surface area (Å²) in [7, 11) is 0. The van der Waals surface area contributed by atoms with Crippen molar-refractivity contribution in [1.82, 2.24) is 0 Å². The molecule has 0 saturated carbocycles. The molecule has 21 heavy (non-hydrogen) atoms. The van der Waals surface area contributed by atoms with Crippen molar-refractivity contribution in [3.63, 3.8) is 0 Å². The first-order valence-electron chi connectivity index (χ1n) is 6.61. The number of ether oxygens (including phenoxy) is 1. The lowest BCUT2D eigenvalue weighted by atomic mass is 9.78. The zero-order chi connectivity index (χ0) is 15.1. The SMILES string of the molecule is O=C(O)[C@@H]1[C@@H](C(=O)Nc2ccc(Cl)c(Cl)c2)[C@H]2CC[C@H]1O2. The van der Waals surface area contributed by atoms with Crippen LogP contribution < -0.4 is 5.32 Å². The number of nitrogens with one attached hydrogen (secondary N) is 1. The van der Waals surface area contributed by atoms with Gasteiger partial charge >= 0.3 is 5.97 Å². The first-order chi connectivity index (χ1) is 9.97. The summed E-state index contributed by atoms with van der Waals surface area (Å²) in [6.45, 7) is 0. The van der Waals surface area contributed by atoms with E-state index >= 15 is 0 Å². The summed E-state index contributed by atoms with van der Waals surface area (Å²) >= 11 is 11.7. The molecule has 2 N–H and O–H groups in total. The van der Waals surface area contributed by atoms with Crippen LogP contribution in [-0.2, 0) is 14.3 Å². The summed E-state index contributed by atoms with van der Waals surface area (Å²) in [5.74, 6) is -2.80. The van der Waals surface area contributed by atoms with E-state index in [0.29, 0.717) is 28.6 Å². The fourth-order valence-electron chi connectivity index (χ4n) is 3.12. The molecule has 3 rings (SSSR count). The Morgan fingerprint density at radius 2 is 1.81 bits per heavy atom. The highest BCUT2D eigenvalue weighted by Crippen LogP contribution is 2.44. The van der Waals surface area contributed by atoms with Crippen LogP contribution in [0.5, 0.6) is 0 Å². The van der Waals surface area contributed by atoms with E-state index in [9.17, 15) is 14.7 Å². The average Bonchev–Trinajstić information content (AvgIpc) is 3.03. The normalized spacial score (nSPS) is 30.4. The number of amides is 1. The minimum absolute atomic E-state index is 0.320. The van der Waals surface area contributed by atoms with Gasteiger partial charge in [-0.05, 0) is 31.0 Å². The molecule has 4 atom stereocenters. The first kappa shape index (κ1) is 14.6. The summed E-state index contributed by atoms with van der Waals surface area (Å²) in [6, 6.07) is 4.73. The number of hydrogen-bond donors (Lipinski definition) is 2. The molecule has 2 bridgehead atoms. The van der Waals surface area contributed by atoms with E-state index < -0.39 is 17.8 Å². The van der Waals surface area contributed by atoms with Gasteiger partial charge in [0.25, 0.3) is 0 Å². The Labute approximate surface area is 131 Å². The van der Waals surface area contributed by atoms with E-state index in [4.69, 9.17) is 27.9 Å². The lowest BCUT2D eigenvalue weighted by Crippen LogP contribution is -2.40. The molecule has 2 fully saturated rings. The molecule has 0 radical (unpaired) electrons. The van der Waals surface area contributed by atoms with Crippen molar-refractivity contribution < 1.29 is 19.4 Å². The second-order valence-electron chi connectivity index (χ2n) is 5.30. The van der Waals surface area contributed by atoms with Crippen molar-refractivity contribution in [2.75, 3.05) is 5.32 Å². The van der Waals surface area contributed by atoms with E-state index in [1.54, 1.807) is 12.1 Å². The molecular formula is C14H13Cl2NO4. The number of fused-ring (bicyclic) bond motifs is 2. The highest BCUT2D eigenvalue weighted by atomic mass is 35.5. The maximum Gasteiger partial charge on any atom is 0.310 e. The van der Waals surface area contributed by atoms with Gasteiger partial charge < -0.3 is 15.2 Å². The van der Waals surface area contributed by atoms with Gasteiger partial charge in [0.2, 0.25) is 5.91 Å². The number of carboxylic acid groups (broad SMARTS) is 1. The van der Waals surface area contributed by atoms with Gasteiger partial charge in [0, 0.05) is 5.69 Å². The number of benzene rings is 1. The Balaban J connectivity index is 1.78. The number of hydrogen-bond acceptors (Lipinski definition) is 3. The molecular weight excluding hydrogens is 317 g/mol. The second kappa shape index (κ2) is 5.48. The predicted molar refractivity (Wildman–Crippen MR) is 77.6 cm³/mol. The van der Waals surface area contributed by atoms with Gasteiger partial charge in [0.05, 0.1) is 34.1 Å². The number of halogens is 2. The Morgan fingerprint density at radius 3 is 2.43 bits per heavy atom. The van der Waals surface area contributed by atoms with Gasteiger partial charge in [-0.2, -0.15) is 0 Å². The predicted octanol–water partition coefficient (Wildman–Crippen LogP) is 2.81. The molecule has 0 unspecified atom stereocenters. The minimum Gasteiger partial charge on any atom is -0.481 e. The van der Waals surface area contributed by atoms with Gasteiger partial charge in [-0.15, -0.1) is 0 Å². The zero-order valence-corrected chi connectivity index (χ0v) is 12.4. The number of carbonyl (C=O) groups is 2. The van der Waals surface area contributed by atoms with Gasteiger partial charge in [0.1, 0.15) is 0 Å². The van der Waals surface area contributed by atoms with Crippen molar-refractivity contribution in [1.29, 1.82) is 0 Å². The van der Waals surface area contributed by atoms with Crippen LogP contribution in [0, 0.1) is 11.8 Å². The summed E-state index contributed by atoms with van der Waals surface area (Å²) < 4.78 is 5.57. The Morgan fingerprint density at radius 1 is 1.14 bits per heavy atom. The molecule has 2 aliphatic rings. The third-order valence-electron chi connectivity index (χ3n) is 4.05. The number of aliphatic carboxylic acids is 1. The van der Waals surface area contributed by atoms with Crippen LogP contribution in [0.2, 0.25) is 10.0 Å². The van der Waals surface area contributed by atoms with Crippen LogP contribution in [-0.4, -0.2) is 29.2 Å². The van der Waals surface area contributed by atoms with Crippen molar-refractivity contribution in [2.24, 2.45) is 11.8 Å². The Kier molecular flexibility index (Phi) is 3.82. The molecule has 1 aromatic carbocycles. The minimum atomic E-state index is -0.989. The molecule has 7 heteroatoms. The van der Waals surface area contributed by atoms with Crippen LogP contribution in [0.3, 0.4) is 0 Å². The van der Waals surface area contributed by atoms with Gasteiger partial charge in [-0.25, -0.2) is 0 Å². The molecule has 0 aliphatic carbocycles. The quantitative estimate of drug-likeness (QED) is 0.894. The highest BCUT2D eigenvalue weighted by Gasteiger charge is 2.55. The monoisotopic (exact) mass is 329 g/mol. The smallest absolute Gasteiger partial charge is 0.310 e. The van der Waals surface area contributed by atoms with Crippen LogP contribution in [0.1, 0.15) is 12.8 Å². The number of carbonyl (C=O) groups excluding carboxylic acids is 1. The van der Waals surface area contributed by atoms with Crippen molar-refractivity contribution in [3.05, 3.63) is 28.2 Å². The van der Waals surface area contributed by atoms with Crippen molar-refractivity contribution >= 4 is 40.8 Å². The number of carboxylic acids is 1. The third-order valence-corrected chi connectivity index (χ3v) is 4.79. The fourth-order valence-corrected chi connectivity index (χ4v) is 3.42. The summed E-state index contributed by atoms with van der Waals surface area (Å²) in [6.07, 6.45) is 0.724. The van der Waals surface area contributed by atoms with E-state index in [1.165, 1.54) is 6.07 Å². The van der Waals surface area contributed by atoms with E-state index in [-0.39, 0.29) is 18.1 Å². The van der Waals surface area contributed by atoms with Crippen LogP contribution in [0.15, 0.2) is 18.2 Å². The fraction of sp³-hybridized carbons (Fsp3) is 0.429. The molecule has 2 aliphatic heterocycles. The Hall–Kier alpha value is -1.30. The molecule has 5 nitrogen and oxygen atoms in total. The van der Waals surface area contributed by atoms with Crippen LogP contribution >= 0.6 is 23.2 Å². The lowest BCUT2D eigenvalue weighted by molar-refractivity contribution is -0.147. The van der Waals surface area contributed by atoms with Crippen LogP contribution in [0.4, 0.5) is 5.69 Å². The van der Waals surface area contributed by atoms with Crippen molar-refractivity contribution in [3.8, 4) is 0 Å². The van der Waals surface area contributed by atoms with Gasteiger partial charge in [-0.3, -0.25) is 9.59 Å². The number of rotatable bonds is 3. The van der Waals surface area contributed by atoms with Gasteiger partial charge in [0.15, 0.2) is 0 Å². The lowest BCUT2D eigenvalue weighted by Gasteiger charge is -2.23. The maximum atomic E-state index is 12.4. The molecule has 0 aromatic heterocycles. The van der Waals surface area contributed by atoms with Crippen molar-refractivity contribution in [2.45, 2.75) is 25.0 Å². The summed E-state index contributed by atoms with van der Waals surface area (Å²) in [5.41, 5.74) is 0.487. The van der Waals surface area contributed by atoms with E-state index in [0.717, 1.165) is 0 Å². The Bertz CT molecular complexity index is 607. The summed E-state index contributed by atoms with van der Waals surface area (Å²) in [5, 5.41) is 12.7. The maximum absolute atomic E-state index is 12.4. The molecule has 2 heterocycles. The largest absolute Gasteiger partial charge is 0.481 e. The highest BCUT2D eigenvalue weighted by molar-refractivity contribution is 6.42. The molecule has 112 valence electrons. The second-order valence-corrected chi connectivity index (χ2v) is 6.11. The standard InChI is InChI=1S/C14H13Cl2NO4/c15-7-2-1-6(5-8(7)16)17-13(18)11-9-3-4-10(21-9)12(11)14(19)20/h1-2,5,9-12H,3-4H2,(H,17,18)(H,19,20)/t9-,10-,11+,12+/m1/s1. The molecule has 0 spiro atoms. The third kappa shape index (κ3) is 2.61. The van der Waals surface area contributed by atoms with E-state index in [1.807, 2.05) is 0 Å². The average molecular weight is 330 g/mol.